The van der Waals surface area contributed by atoms with E-state index in [-0.39, 0.29) is 25.4 Å². The van der Waals surface area contributed by atoms with Crippen LogP contribution in [0.3, 0.4) is 0 Å². The standard InChI is InChI=1S/C23H25ClN2O6/c24-17-2-4-18(5-3-17)26(23(29)16-1-6-20-21(13-16)32-15-31-20)12-11-25-9-7-19(8-10-25)30-14-22(27)28/h1-6,13,19H,7-12,14-15H2,(H,27,28). The van der Waals surface area contributed by atoms with Crippen LogP contribution in [-0.2, 0) is 9.53 Å². The third-order valence-corrected chi connectivity index (χ3v) is 5.87. The molecule has 2 aromatic carbocycles. The summed E-state index contributed by atoms with van der Waals surface area (Å²) in [5, 5.41) is 9.37. The maximum atomic E-state index is 13.4. The number of piperidine rings is 1. The average molecular weight is 461 g/mol. The van der Waals surface area contributed by atoms with Gasteiger partial charge in [-0.3, -0.25) is 4.79 Å². The van der Waals surface area contributed by atoms with Gasteiger partial charge in [-0.25, -0.2) is 4.79 Å². The van der Waals surface area contributed by atoms with Gasteiger partial charge in [-0.1, -0.05) is 11.6 Å². The molecule has 9 heteroatoms. The van der Waals surface area contributed by atoms with Gasteiger partial charge >= 0.3 is 5.97 Å². The van der Waals surface area contributed by atoms with Gasteiger partial charge in [0, 0.05) is 42.5 Å². The molecule has 1 fully saturated rings. The minimum absolute atomic E-state index is 0.0371. The van der Waals surface area contributed by atoms with Gasteiger partial charge in [-0.15, -0.1) is 0 Å². The minimum Gasteiger partial charge on any atom is -0.480 e. The second-order valence-corrected chi connectivity index (χ2v) is 8.18. The summed E-state index contributed by atoms with van der Waals surface area (Å²) in [6.07, 6.45) is 1.50. The number of rotatable bonds is 8. The lowest BCUT2D eigenvalue weighted by Gasteiger charge is -2.33. The SMILES string of the molecule is O=C(O)COC1CCN(CCN(C(=O)c2ccc3c(c2)OCO3)c2ccc(Cl)cc2)CC1. The highest BCUT2D eigenvalue weighted by atomic mass is 35.5. The molecule has 1 amide bonds. The summed E-state index contributed by atoms with van der Waals surface area (Å²) in [6, 6.07) is 12.4. The van der Waals surface area contributed by atoms with E-state index in [0.29, 0.717) is 35.2 Å². The van der Waals surface area contributed by atoms with Crippen molar-refractivity contribution in [3.05, 3.63) is 53.1 Å². The molecule has 0 spiro atoms. The van der Waals surface area contributed by atoms with Crippen molar-refractivity contribution in [3.8, 4) is 11.5 Å². The van der Waals surface area contributed by atoms with Gasteiger partial charge in [-0.05, 0) is 55.3 Å². The fourth-order valence-corrected chi connectivity index (χ4v) is 4.01. The van der Waals surface area contributed by atoms with Crippen LogP contribution < -0.4 is 14.4 Å². The summed E-state index contributed by atoms with van der Waals surface area (Å²) in [5.74, 6) is 0.112. The number of aliphatic carboxylic acids is 1. The molecule has 32 heavy (non-hydrogen) atoms. The first-order chi connectivity index (χ1) is 15.5. The topological polar surface area (TPSA) is 88.5 Å². The van der Waals surface area contributed by atoms with E-state index in [1.165, 1.54) is 0 Å². The van der Waals surface area contributed by atoms with Gasteiger partial charge in [0.05, 0.1) is 6.10 Å². The van der Waals surface area contributed by atoms with Crippen molar-refractivity contribution >= 4 is 29.2 Å². The molecule has 0 radical (unpaired) electrons. The van der Waals surface area contributed by atoms with Crippen molar-refractivity contribution in [2.24, 2.45) is 0 Å². The van der Waals surface area contributed by atoms with Crippen LogP contribution >= 0.6 is 11.6 Å². The zero-order valence-electron chi connectivity index (χ0n) is 17.5. The van der Waals surface area contributed by atoms with E-state index >= 15 is 0 Å². The Bertz CT molecular complexity index is 959. The molecule has 4 rings (SSSR count). The number of benzene rings is 2. The van der Waals surface area contributed by atoms with Crippen LogP contribution in [0.5, 0.6) is 11.5 Å². The summed E-state index contributed by atoms with van der Waals surface area (Å²) in [5.41, 5.74) is 1.28. The van der Waals surface area contributed by atoms with Crippen LogP contribution in [0.1, 0.15) is 23.2 Å². The number of hydrogen-bond acceptors (Lipinski definition) is 6. The fourth-order valence-electron chi connectivity index (χ4n) is 3.88. The Labute approximate surface area is 191 Å². The number of likely N-dealkylation sites (tertiary alicyclic amines) is 1. The summed E-state index contributed by atoms with van der Waals surface area (Å²) in [4.78, 5) is 28.1. The lowest BCUT2D eigenvalue weighted by Crippen LogP contribution is -2.43. The molecule has 0 bridgehead atoms. The quantitative estimate of drug-likeness (QED) is 0.646. The first-order valence-corrected chi connectivity index (χ1v) is 10.9. The zero-order valence-corrected chi connectivity index (χ0v) is 18.3. The lowest BCUT2D eigenvalue weighted by molar-refractivity contribution is -0.145. The molecule has 2 aliphatic rings. The number of amides is 1. The third-order valence-electron chi connectivity index (χ3n) is 5.62. The summed E-state index contributed by atoms with van der Waals surface area (Å²) in [6.45, 7) is 2.65. The van der Waals surface area contributed by atoms with Gasteiger partial charge in [0.2, 0.25) is 6.79 Å². The minimum atomic E-state index is -0.951. The van der Waals surface area contributed by atoms with Gasteiger partial charge in [0.1, 0.15) is 6.61 Å². The van der Waals surface area contributed by atoms with E-state index in [0.717, 1.165) is 31.6 Å². The molecule has 170 valence electrons. The monoisotopic (exact) mass is 460 g/mol. The van der Waals surface area contributed by atoms with Crippen molar-refractivity contribution in [1.82, 2.24) is 4.90 Å². The smallest absolute Gasteiger partial charge is 0.329 e. The van der Waals surface area contributed by atoms with Gasteiger partial charge in [0.25, 0.3) is 5.91 Å². The Morgan fingerprint density at radius 2 is 1.81 bits per heavy atom. The molecule has 2 heterocycles. The number of fused-ring (bicyclic) bond motifs is 1. The third kappa shape index (κ3) is 5.51. The second kappa shape index (κ2) is 10.2. The highest BCUT2D eigenvalue weighted by Gasteiger charge is 2.24. The number of carbonyl (C=O) groups excluding carboxylic acids is 1. The van der Waals surface area contributed by atoms with Crippen LogP contribution in [0, 0.1) is 0 Å². The molecule has 0 atom stereocenters. The molecule has 2 aliphatic heterocycles. The highest BCUT2D eigenvalue weighted by Crippen LogP contribution is 2.33. The molecule has 0 aromatic heterocycles. The first-order valence-electron chi connectivity index (χ1n) is 10.5. The van der Waals surface area contributed by atoms with Gasteiger partial charge in [0.15, 0.2) is 11.5 Å². The van der Waals surface area contributed by atoms with Crippen molar-refractivity contribution in [3.63, 3.8) is 0 Å². The maximum absolute atomic E-state index is 13.4. The van der Waals surface area contributed by atoms with Crippen LogP contribution in [0.4, 0.5) is 5.69 Å². The predicted molar refractivity (Wildman–Crippen MR) is 119 cm³/mol. The van der Waals surface area contributed by atoms with E-state index in [1.807, 2.05) is 12.1 Å². The number of ether oxygens (including phenoxy) is 3. The number of anilines is 1. The van der Waals surface area contributed by atoms with Gasteiger partial charge < -0.3 is 29.1 Å². The Hall–Kier alpha value is -2.81. The highest BCUT2D eigenvalue weighted by molar-refractivity contribution is 6.30. The number of carboxylic acid groups (broad SMARTS) is 1. The van der Waals surface area contributed by atoms with E-state index in [9.17, 15) is 9.59 Å². The van der Waals surface area contributed by atoms with Crippen molar-refractivity contribution in [2.45, 2.75) is 18.9 Å². The molecular weight excluding hydrogens is 436 g/mol. The summed E-state index contributed by atoms with van der Waals surface area (Å²) in [7, 11) is 0. The van der Waals surface area contributed by atoms with E-state index in [4.69, 9.17) is 30.9 Å². The van der Waals surface area contributed by atoms with Gasteiger partial charge in [-0.2, -0.15) is 0 Å². The lowest BCUT2D eigenvalue weighted by atomic mass is 10.1. The Kier molecular flexibility index (Phi) is 7.14. The van der Waals surface area contributed by atoms with Crippen LogP contribution in [-0.4, -0.2) is 67.6 Å². The molecule has 2 aromatic rings. The van der Waals surface area contributed by atoms with Crippen molar-refractivity contribution in [2.75, 3.05) is 44.5 Å². The molecule has 0 unspecified atom stereocenters. The van der Waals surface area contributed by atoms with Crippen LogP contribution in [0.2, 0.25) is 5.02 Å². The van der Waals surface area contributed by atoms with Crippen LogP contribution in [0.25, 0.3) is 0 Å². The number of hydrogen-bond donors (Lipinski definition) is 1. The van der Waals surface area contributed by atoms with E-state index in [1.54, 1.807) is 35.2 Å². The number of nitrogens with zero attached hydrogens (tertiary/aromatic N) is 2. The molecule has 0 aliphatic carbocycles. The van der Waals surface area contributed by atoms with E-state index in [2.05, 4.69) is 4.90 Å². The predicted octanol–water partition coefficient (Wildman–Crippen LogP) is 3.28. The fraction of sp³-hybridized carbons (Fsp3) is 0.391. The van der Waals surface area contributed by atoms with Crippen LogP contribution in [0.15, 0.2) is 42.5 Å². The van der Waals surface area contributed by atoms with E-state index < -0.39 is 5.97 Å². The zero-order chi connectivity index (χ0) is 22.5. The average Bonchev–Trinajstić information content (AvgIpc) is 3.27. The Morgan fingerprint density at radius 1 is 1.09 bits per heavy atom. The summed E-state index contributed by atoms with van der Waals surface area (Å²) >= 11 is 6.04. The largest absolute Gasteiger partial charge is 0.480 e. The maximum Gasteiger partial charge on any atom is 0.329 e. The molecular formula is C23H25ClN2O6. The second-order valence-electron chi connectivity index (χ2n) is 7.75. The number of carboxylic acids is 1. The molecule has 8 nitrogen and oxygen atoms in total. The first kappa shape index (κ1) is 22.4. The summed E-state index contributed by atoms with van der Waals surface area (Å²) < 4.78 is 16.2. The normalized spacial score (nSPS) is 16.2. The molecule has 1 N–H and O–H groups in total. The number of carbonyl (C=O) groups is 2. The Balaban J connectivity index is 1.42. The van der Waals surface area contributed by atoms with Crippen molar-refractivity contribution in [1.29, 1.82) is 0 Å². The van der Waals surface area contributed by atoms with Crippen molar-refractivity contribution < 1.29 is 28.9 Å². The molecule has 1 saturated heterocycles. The number of halogens is 1. The molecule has 0 saturated carbocycles. The Morgan fingerprint density at radius 3 is 2.53 bits per heavy atom.